The van der Waals surface area contributed by atoms with E-state index in [0.29, 0.717) is 18.0 Å². The quantitative estimate of drug-likeness (QED) is 0.791. The SMILES string of the molecule is COc1cccc(CNCC(=O)NCC(C)C)c1F. The minimum atomic E-state index is -0.389. The third kappa shape index (κ3) is 5.26. The van der Waals surface area contributed by atoms with Crippen LogP contribution in [-0.2, 0) is 11.3 Å². The number of ether oxygens (including phenoxy) is 1. The largest absolute Gasteiger partial charge is 0.494 e. The number of amides is 1. The van der Waals surface area contributed by atoms with Crippen LogP contribution in [0.2, 0.25) is 0 Å². The van der Waals surface area contributed by atoms with Crippen molar-refractivity contribution in [1.82, 2.24) is 10.6 Å². The van der Waals surface area contributed by atoms with Gasteiger partial charge in [0.2, 0.25) is 5.91 Å². The van der Waals surface area contributed by atoms with E-state index in [1.807, 2.05) is 13.8 Å². The Morgan fingerprint density at radius 1 is 1.42 bits per heavy atom. The number of rotatable bonds is 7. The maximum Gasteiger partial charge on any atom is 0.233 e. The van der Waals surface area contributed by atoms with Gasteiger partial charge in [-0.3, -0.25) is 4.79 Å². The molecule has 2 N–H and O–H groups in total. The molecule has 0 aliphatic carbocycles. The van der Waals surface area contributed by atoms with Crippen molar-refractivity contribution in [3.63, 3.8) is 0 Å². The first-order chi connectivity index (χ1) is 9.04. The maximum absolute atomic E-state index is 13.8. The lowest BCUT2D eigenvalue weighted by atomic mass is 10.2. The van der Waals surface area contributed by atoms with E-state index >= 15 is 0 Å². The van der Waals surface area contributed by atoms with Gasteiger partial charge in [0.1, 0.15) is 0 Å². The zero-order valence-corrected chi connectivity index (χ0v) is 11.6. The van der Waals surface area contributed by atoms with Gasteiger partial charge in [-0.1, -0.05) is 26.0 Å². The molecule has 0 aromatic heterocycles. The Hall–Kier alpha value is -1.62. The third-order valence-electron chi connectivity index (χ3n) is 2.57. The smallest absolute Gasteiger partial charge is 0.233 e. The highest BCUT2D eigenvalue weighted by Gasteiger charge is 2.08. The number of carbonyl (C=O) groups excluding carboxylic acids is 1. The van der Waals surface area contributed by atoms with Gasteiger partial charge >= 0.3 is 0 Å². The lowest BCUT2D eigenvalue weighted by molar-refractivity contribution is -0.120. The van der Waals surface area contributed by atoms with Gasteiger partial charge in [0.05, 0.1) is 13.7 Å². The fraction of sp³-hybridized carbons (Fsp3) is 0.500. The van der Waals surface area contributed by atoms with E-state index < -0.39 is 0 Å². The van der Waals surface area contributed by atoms with Gasteiger partial charge in [-0.2, -0.15) is 0 Å². The molecule has 0 heterocycles. The molecule has 0 fully saturated rings. The first-order valence-electron chi connectivity index (χ1n) is 6.33. The second-order valence-electron chi connectivity index (χ2n) is 4.73. The van der Waals surface area contributed by atoms with Crippen LogP contribution in [0.25, 0.3) is 0 Å². The van der Waals surface area contributed by atoms with Crippen molar-refractivity contribution in [2.45, 2.75) is 20.4 Å². The predicted octanol–water partition coefficient (Wildman–Crippen LogP) is 1.70. The Labute approximate surface area is 113 Å². The second kappa shape index (κ2) is 7.74. The van der Waals surface area contributed by atoms with Gasteiger partial charge in [0.15, 0.2) is 11.6 Å². The van der Waals surface area contributed by atoms with Gasteiger partial charge in [-0.15, -0.1) is 0 Å². The molecule has 0 aliphatic heterocycles. The summed E-state index contributed by atoms with van der Waals surface area (Å²) in [5, 5.41) is 5.70. The fourth-order valence-electron chi connectivity index (χ4n) is 1.54. The van der Waals surface area contributed by atoms with E-state index in [4.69, 9.17) is 4.74 Å². The number of halogens is 1. The minimum Gasteiger partial charge on any atom is -0.494 e. The zero-order chi connectivity index (χ0) is 14.3. The van der Waals surface area contributed by atoms with Gasteiger partial charge in [-0.25, -0.2) is 4.39 Å². The van der Waals surface area contributed by atoms with E-state index in [9.17, 15) is 9.18 Å². The van der Waals surface area contributed by atoms with Crippen LogP contribution in [0.5, 0.6) is 5.75 Å². The maximum atomic E-state index is 13.8. The molecule has 0 unspecified atom stereocenters. The van der Waals surface area contributed by atoms with Gasteiger partial charge in [0, 0.05) is 18.7 Å². The first kappa shape index (κ1) is 15.4. The van der Waals surface area contributed by atoms with Gasteiger partial charge < -0.3 is 15.4 Å². The molecule has 1 amide bonds. The molecule has 0 saturated heterocycles. The van der Waals surface area contributed by atoms with E-state index in [-0.39, 0.29) is 30.6 Å². The summed E-state index contributed by atoms with van der Waals surface area (Å²) in [7, 11) is 1.43. The van der Waals surface area contributed by atoms with Crippen molar-refractivity contribution in [2.75, 3.05) is 20.2 Å². The van der Waals surface area contributed by atoms with E-state index in [1.165, 1.54) is 7.11 Å². The summed E-state index contributed by atoms with van der Waals surface area (Å²) in [6, 6.07) is 4.95. The van der Waals surface area contributed by atoms with E-state index in [2.05, 4.69) is 10.6 Å². The number of nitrogens with one attached hydrogen (secondary N) is 2. The molecule has 0 aliphatic rings. The number of carbonyl (C=O) groups is 1. The molecule has 0 bridgehead atoms. The summed E-state index contributed by atoms with van der Waals surface area (Å²) in [6.07, 6.45) is 0. The third-order valence-corrected chi connectivity index (χ3v) is 2.57. The molecular formula is C14H21FN2O2. The Morgan fingerprint density at radius 2 is 2.16 bits per heavy atom. The number of hydrogen-bond acceptors (Lipinski definition) is 3. The van der Waals surface area contributed by atoms with Crippen molar-refractivity contribution in [3.05, 3.63) is 29.6 Å². The Balaban J connectivity index is 2.39. The van der Waals surface area contributed by atoms with Crippen molar-refractivity contribution < 1.29 is 13.9 Å². The van der Waals surface area contributed by atoms with Crippen LogP contribution in [0.4, 0.5) is 4.39 Å². The van der Waals surface area contributed by atoms with E-state index in [0.717, 1.165) is 0 Å². The summed E-state index contributed by atoms with van der Waals surface area (Å²) in [5.74, 6) is 0.153. The van der Waals surface area contributed by atoms with Crippen LogP contribution in [-0.4, -0.2) is 26.1 Å². The van der Waals surface area contributed by atoms with Crippen molar-refractivity contribution in [3.8, 4) is 5.75 Å². The topological polar surface area (TPSA) is 50.4 Å². The monoisotopic (exact) mass is 268 g/mol. The summed E-state index contributed by atoms with van der Waals surface area (Å²) in [5.41, 5.74) is 0.482. The van der Waals surface area contributed by atoms with Crippen molar-refractivity contribution >= 4 is 5.91 Å². The first-order valence-corrected chi connectivity index (χ1v) is 6.33. The normalized spacial score (nSPS) is 10.6. The summed E-state index contributed by atoms with van der Waals surface area (Å²) < 4.78 is 18.7. The van der Waals surface area contributed by atoms with Gasteiger partial charge in [0.25, 0.3) is 0 Å². The highest BCUT2D eigenvalue weighted by Crippen LogP contribution is 2.19. The molecule has 1 rings (SSSR count). The summed E-state index contributed by atoms with van der Waals surface area (Å²) in [6.45, 7) is 5.16. The second-order valence-corrected chi connectivity index (χ2v) is 4.73. The molecule has 0 radical (unpaired) electrons. The lowest BCUT2D eigenvalue weighted by Crippen LogP contribution is -2.35. The molecule has 0 saturated carbocycles. The molecule has 1 aromatic carbocycles. The fourth-order valence-corrected chi connectivity index (χ4v) is 1.54. The zero-order valence-electron chi connectivity index (χ0n) is 11.6. The summed E-state index contributed by atoms with van der Waals surface area (Å²) >= 11 is 0. The van der Waals surface area contributed by atoms with Crippen LogP contribution in [0.1, 0.15) is 19.4 Å². The number of benzene rings is 1. The molecule has 106 valence electrons. The molecule has 4 nitrogen and oxygen atoms in total. The average Bonchev–Trinajstić information content (AvgIpc) is 2.38. The molecule has 5 heteroatoms. The number of hydrogen-bond donors (Lipinski definition) is 2. The predicted molar refractivity (Wildman–Crippen MR) is 72.5 cm³/mol. The molecule has 1 aromatic rings. The van der Waals surface area contributed by atoms with Crippen LogP contribution < -0.4 is 15.4 Å². The van der Waals surface area contributed by atoms with Crippen LogP contribution in [0.3, 0.4) is 0 Å². The summed E-state index contributed by atoms with van der Waals surface area (Å²) in [4.78, 5) is 11.5. The standard InChI is InChI=1S/C14H21FN2O2/c1-10(2)7-17-13(18)9-16-8-11-5-4-6-12(19-3)14(11)15/h4-6,10,16H,7-9H2,1-3H3,(H,17,18). The molecular weight excluding hydrogens is 247 g/mol. The van der Waals surface area contributed by atoms with Gasteiger partial charge in [-0.05, 0) is 12.0 Å². The molecule has 19 heavy (non-hydrogen) atoms. The van der Waals surface area contributed by atoms with Crippen LogP contribution in [0.15, 0.2) is 18.2 Å². The van der Waals surface area contributed by atoms with Crippen LogP contribution >= 0.6 is 0 Å². The lowest BCUT2D eigenvalue weighted by Gasteiger charge is -2.10. The van der Waals surface area contributed by atoms with Crippen molar-refractivity contribution in [1.29, 1.82) is 0 Å². The highest BCUT2D eigenvalue weighted by atomic mass is 19.1. The Kier molecular flexibility index (Phi) is 6.29. The Morgan fingerprint density at radius 3 is 2.79 bits per heavy atom. The highest BCUT2D eigenvalue weighted by molar-refractivity contribution is 5.77. The average molecular weight is 268 g/mol. The Bertz CT molecular complexity index is 422. The number of methoxy groups -OCH3 is 1. The molecule has 0 spiro atoms. The van der Waals surface area contributed by atoms with Crippen LogP contribution in [0, 0.1) is 11.7 Å². The van der Waals surface area contributed by atoms with Crippen molar-refractivity contribution in [2.24, 2.45) is 5.92 Å². The minimum absolute atomic E-state index is 0.0861. The van der Waals surface area contributed by atoms with E-state index in [1.54, 1.807) is 18.2 Å². The molecule has 0 atom stereocenters.